The molecule has 0 bridgehead atoms. The van der Waals surface area contributed by atoms with Crippen LogP contribution in [-0.2, 0) is 9.59 Å². The maximum atomic E-state index is 12.2. The first-order chi connectivity index (χ1) is 15.4. The van der Waals surface area contributed by atoms with Crippen LogP contribution in [-0.4, -0.2) is 49.1 Å². The molecule has 0 saturated carbocycles. The first kappa shape index (κ1) is 22.9. The van der Waals surface area contributed by atoms with Crippen molar-refractivity contribution in [3.63, 3.8) is 0 Å². The quantitative estimate of drug-likeness (QED) is 0.464. The molecule has 32 heavy (non-hydrogen) atoms. The lowest BCUT2D eigenvalue weighted by Crippen LogP contribution is -2.14. The highest BCUT2D eigenvalue weighted by Gasteiger charge is 2.18. The number of carbonyl (C=O) groups is 2. The molecule has 168 valence electrons. The lowest BCUT2D eigenvalue weighted by molar-refractivity contribution is -0.114. The number of rotatable bonds is 9. The number of hydrogen-bond acceptors (Lipinski definition) is 9. The second-order valence-corrected chi connectivity index (χ2v) is 7.31. The Morgan fingerprint density at radius 2 is 1.53 bits per heavy atom. The normalized spacial score (nSPS) is 10.4. The van der Waals surface area contributed by atoms with E-state index in [1.807, 2.05) is 0 Å². The number of amides is 2. The third-order valence-electron chi connectivity index (χ3n) is 4.13. The second kappa shape index (κ2) is 10.5. The zero-order valence-electron chi connectivity index (χ0n) is 17.9. The van der Waals surface area contributed by atoms with Crippen molar-refractivity contribution in [1.29, 1.82) is 0 Å². The van der Waals surface area contributed by atoms with Crippen LogP contribution in [0.4, 0.5) is 11.4 Å². The van der Waals surface area contributed by atoms with Crippen molar-refractivity contribution in [1.82, 2.24) is 10.2 Å². The van der Waals surface area contributed by atoms with Gasteiger partial charge in [-0.1, -0.05) is 11.8 Å². The van der Waals surface area contributed by atoms with Crippen molar-refractivity contribution >= 4 is 35.0 Å². The van der Waals surface area contributed by atoms with E-state index in [0.717, 1.165) is 11.8 Å². The molecule has 0 spiro atoms. The van der Waals surface area contributed by atoms with Crippen molar-refractivity contribution < 1.29 is 28.2 Å². The van der Waals surface area contributed by atoms with Crippen LogP contribution >= 0.6 is 11.8 Å². The molecule has 0 atom stereocenters. The Labute approximate surface area is 188 Å². The van der Waals surface area contributed by atoms with E-state index in [1.165, 1.54) is 28.3 Å². The van der Waals surface area contributed by atoms with Crippen molar-refractivity contribution in [2.24, 2.45) is 0 Å². The summed E-state index contributed by atoms with van der Waals surface area (Å²) in [5.74, 6) is 1.29. The molecule has 3 rings (SSSR count). The molecule has 2 N–H and O–H groups in total. The average molecular weight is 458 g/mol. The van der Waals surface area contributed by atoms with Crippen LogP contribution in [0.3, 0.4) is 0 Å². The van der Waals surface area contributed by atoms with Gasteiger partial charge in [-0.05, 0) is 36.4 Å². The van der Waals surface area contributed by atoms with Gasteiger partial charge in [-0.2, -0.15) is 0 Å². The zero-order chi connectivity index (χ0) is 23.1. The second-order valence-electron chi connectivity index (χ2n) is 6.38. The fourth-order valence-corrected chi connectivity index (χ4v) is 3.32. The van der Waals surface area contributed by atoms with Gasteiger partial charge in [-0.25, -0.2) is 0 Å². The largest absolute Gasteiger partial charge is 0.493 e. The van der Waals surface area contributed by atoms with Crippen LogP contribution in [0.5, 0.6) is 17.2 Å². The van der Waals surface area contributed by atoms with E-state index in [-0.39, 0.29) is 28.7 Å². The van der Waals surface area contributed by atoms with Gasteiger partial charge < -0.3 is 29.3 Å². The van der Waals surface area contributed by atoms with Crippen LogP contribution in [0, 0.1) is 0 Å². The predicted octanol–water partition coefficient (Wildman–Crippen LogP) is 3.45. The van der Waals surface area contributed by atoms with Crippen molar-refractivity contribution in [3.05, 3.63) is 36.4 Å². The summed E-state index contributed by atoms with van der Waals surface area (Å²) in [7, 11) is 4.55. The molecule has 0 radical (unpaired) electrons. The summed E-state index contributed by atoms with van der Waals surface area (Å²) in [6, 6.07) is 10.2. The van der Waals surface area contributed by atoms with Gasteiger partial charge in [0.2, 0.25) is 23.5 Å². The number of nitrogens with zero attached hydrogens (tertiary/aromatic N) is 2. The molecule has 2 amide bonds. The monoisotopic (exact) mass is 458 g/mol. The number of nitrogens with one attached hydrogen (secondary N) is 2. The number of methoxy groups -OCH3 is 3. The molecule has 10 nitrogen and oxygen atoms in total. The topological polar surface area (TPSA) is 125 Å². The van der Waals surface area contributed by atoms with Crippen molar-refractivity contribution in [3.8, 4) is 28.7 Å². The molecule has 0 aliphatic heterocycles. The molecule has 1 heterocycles. The van der Waals surface area contributed by atoms with Crippen LogP contribution in [0.1, 0.15) is 6.92 Å². The molecular weight excluding hydrogens is 436 g/mol. The molecule has 11 heteroatoms. The van der Waals surface area contributed by atoms with Crippen LogP contribution in [0.15, 0.2) is 46.0 Å². The van der Waals surface area contributed by atoms with Gasteiger partial charge in [0.1, 0.15) is 0 Å². The van der Waals surface area contributed by atoms with Gasteiger partial charge in [0.15, 0.2) is 11.5 Å². The molecule has 0 unspecified atom stereocenters. The molecule has 2 aromatic carbocycles. The van der Waals surface area contributed by atoms with E-state index in [1.54, 1.807) is 36.4 Å². The molecule has 0 saturated heterocycles. The Bertz CT molecular complexity index is 1070. The number of ether oxygens (including phenoxy) is 3. The Morgan fingerprint density at radius 1 is 0.938 bits per heavy atom. The minimum Gasteiger partial charge on any atom is -0.493 e. The van der Waals surface area contributed by atoms with E-state index in [0.29, 0.717) is 34.2 Å². The summed E-state index contributed by atoms with van der Waals surface area (Å²) in [5, 5.41) is 13.7. The highest BCUT2D eigenvalue weighted by molar-refractivity contribution is 7.99. The summed E-state index contributed by atoms with van der Waals surface area (Å²) >= 11 is 1.11. The Hall–Kier alpha value is -3.73. The SMILES string of the molecule is COc1cc(-c2nnc(SCC(=O)Nc3ccc(NC(C)=O)cc3)o2)cc(OC)c1OC. The molecule has 1 aromatic heterocycles. The van der Waals surface area contributed by atoms with E-state index >= 15 is 0 Å². The first-order valence-electron chi connectivity index (χ1n) is 9.37. The molecule has 0 aliphatic rings. The van der Waals surface area contributed by atoms with E-state index < -0.39 is 0 Å². The third kappa shape index (κ3) is 5.70. The van der Waals surface area contributed by atoms with Gasteiger partial charge in [0, 0.05) is 23.9 Å². The number of carbonyl (C=O) groups excluding carboxylic acids is 2. The number of thioether (sulfide) groups is 1. The van der Waals surface area contributed by atoms with Crippen molar-refractivity contribution in [2.45, 2.75) is 12.1 Å². The Morgan fingerprint density at radius 3 is 2.06 bits per heavy atom. The van der Waals surface area contributed by atoms with Crippen LogP contribution in [0.25, 0.3) is 11.5 Å². The fourth-order valence-electron chi connectivity index (χ4n) is 2.75. The maximum Gasteiger partial charge on any atom is 0.277 e. The fraction of sp³-hybridized carbons (Fsp3) is 0.238. The highest BCUT2D eigenvalue weighted by atomic mass is 32.2. The van der Waals surface area contributed by atoms with Gasteiger partial charge >= 0.3 is 0 Å². The van der Waals surface area contributed by atoms with Crippen molar-refractivity contribution in [2.75, 3.05) is 37.7 Å². The minimum atomic E-state index is -0.241. The maximum absolute atomic E-state index is 12.2. The molecule has 0 fully saturated rings. The Balaban J connectivity index is 1.62. The smallest absolute Gasteiger partial charge is 0.277 e. The zero-order valence-corrected chi connectivity index (χ0v) is 18.7. The lowest BCUT2D eigenvalue weighted by Gasteiger charge is -2.12. The van der Waals surface area contributed by atoms with Gasteiger partial charge in [-0.15, -0.1) is 10.2 Å². The number of aromatic nitrogens is 2. The number of hydrogen-bond donors (Lipinski definition) is 2. The lowest BCUT2D eigenvalue weighted by atomic mass is 10.2. The number of benzene rings is 2. The summed E-state index contributed by atoms with van der Waals surface area (Å²) in [6.45, 7) is 1.43. The molecule has 3 aromatic rings. The molecule has 0 aliphatic carbocycles. The van der Waals surface area contributed by atoms with Gasteiger partial charge in [0.25, 0.3) is 5.22 Å². The highest BCUT2D eigenvalue weighted by Crippen LogP contribution is 2.41. The standard InChI is InChI=1S/C21H22N4O6S/c1-12(26)22-14-5-7-15(8-6-14)23-18(27)11-32-21-25-24-20(31-21)13-9-16(28-2)19(30-4)17(10-13)29-3/h5-10H,11H2,1-4H3,(H,22,26)(H,23,27). The summed E-state index contributed by atoms with van der Waals surface area (Å²) in [4.78, 5) is 23.3. The first-order valence-corrected chi connectivity index (χ1v) is 10.4. The van der Waals surface area contributed by atoms with Crippen LogP contribution in [0.2, 0.25) is 0 Å². The summed E-state index contributed by atoms with van der Waals surface area (Å²) in [5.41, 5.74) is 1.84. The van der Waals surface area contributed by atoms with Crippen LogP contribution < -0.4 is 24.8 Å². The van der Waals surface area contributed by atoms with E-state index in [9.17, 15) is 9.59 Å². The summed E-state index contributed by atoms with van der Waals surface area (Å²) in [6.07, 6.45) is 0. The van der Waals surface area contributed by atoms with Gasteiger partial charge in [0.05, 0.1) is 27.1 Å². The third-order valence-corrected chi connectivity index (χ3v) is 4.95. The average Bonchev–Trinajstić information content (AvgIpc) is 3.26. The number of anilines is 2. The Kier molecular flexibility index (Phi) is 7.55. The van der Waals surface area contributed by atoms with E-state index in [2.05, 4.69) is 20.8 Å². The predicted molar refractivity (Wildman–Crippen MR) is 119 cm³/mol. The minimum absolute atomic E-state index is 0.0737. The van der Waals surface area contributed by atoms with Gasteiger partial charge in [-0.3, -0.25) is 9.59 Å². The summed E-state index contributed by atoms with van der Waals surface area (Å²) < 4.78 is 21.6. The van der Waals surface area contributed by atoms with E-state index in [4.69, 9.17) is 18.6 Å². The molecular formula is C21H22N4O6S.